The Morgan fingerprint density at radius 3 is 2.28 bits per heavy atom. The van der Waals surface area contributed by atoms with E-state index >= 15 is 0 Å². The predicted octanol–water partition coefficient (Wildman–Crippen LogP) is 7.54. The summed E-state index contributed by atoms with van der Waals surface area (Å²) in [6.45, 7) is 9.70. The van der Waals surface area contributed by atoms with Gasteiger partial charge in [0.25, 0.3) is 0 Å². The molecule has 0 aliphatic carbocycles. The van der Waals surface area contributed by atoms with Crippen molar-refractivity contribution in [2.24, 2.45) is 5.92 Å². The molecule has 4 N–H and O–H groups in total. The monoisotopic (exact) mass is 641 g/mol. The van der Waals surface area contributed by atoms with Gasteiger partial charge in [0.2, 0.25) is 5.56 Å². The number of pyridine rings is 1. The number of nitrogens with one attached hydrogen (secondary N) is 3. The maximum atomic E-state index is 11.9. The van der Waals surface area contributed by atoms with Crippen LogP contribution in [0.5, 0.6) is 0 Å². The third kappa shape index (κ3) is 21.8. The van der Waals surface area contributed by atoms with Gasteiger partial charge in [-0.2, -0.15) is 13.2 Å². The Morgan fingerprint density at radius 2 is 1.84 bits per heavy atom. The van der Waals surface area contributed by atoms with Gasteiger partial charge in [0.15, 0.2) is 0 Å². The van der Waals surface area contributed by atoms with E-state index in [1.807, 2.05) is 20.0 Å². The molecule has 11 heteroatoms. The van der Waals surface area contributed by atoms with Gasteiger partial charge in [-0.25, -0.2) is 0 Å². The molecule has 43 heavy (non-hydrogen) atoms. The quantitative estimate of drug-likeness (QED) is 0.0632. The van der Waals surface area contributed by atoms with Crippen LogP contribution >= 0.6 is 23.2 Å². The number of hydrogen-bond acceptors (Lipinski definition) is 5. The smallest absolute Gasteiger partial charge is 0.416 e. The molecular weight excluding hydrogens is 602 g/mol. The Kier molecular flexibility index (Phi) is 24.2. The zero-order valence-electron chi connectivity index (χ0n) is 24.6. The average molecular weight is 643 g/mol. The lowest BCUT2D eigenvalue weighted by Crippen LogP contribution is -2.25. The van der Waals surface area contributed by atoms with Crippen molar-refractivity contribution >= 4 is 29.5 Å². The van der Waals surface area contributed by atoms with E-state index in [0.717, 1.165) is 37.2 Å². The number of likely N-dealkylation sites (N-methyl/N-ethyl adjacent to an activating group) is 1. The molecule has 2 rings (SSSR count). The van der Waals surface area contributed by atoms with Crippen molar-refractivity contribution in [3.05, 3.63) is 116 Å². The molecule has 1 aromatic carbocycles. The minimum absolute atomic E-state index is 0.131. The topological polar surface area (TPSA) is 94.2 Å². The number of halogens is 5. The fourth-order valence-electron chi connectivity index (χ4n) is 3.17. The van der Waals surface area contributed by atoms with Crippen molar-refractivity contribution in [1.29, 1.82) is 0 Å². The molecule has 0 spiro atoms. The molecule has 0 bridgehead atoms. The first-order valence-corrected chi connectivity index (χ1v) is 13.8. The van der Waals surface area contributed by atoms with Crippen LogP contribution in [0.1, 0.15) is 41.3 Å². The number of terminal acetylenes is 1. The van der Waals surface area contributed by atoms with Crippen molar-refractivity contribution in [2.75, 3.05) is 26.7 Å². The first-order valence-electron chi connectivity index (χ1n) is 13.0. The van der Waals surface area contributed by atoms with Crippen molar-refractivity contribution in [3.63, 3.8) is 0 Å². The van der Waals surface area contributed by atoms with Gasteiger partial charge >= 0.3 is 6.18 Å². The summed E-state index contributed by atoms with van der Waals surface area (Å²) in [5.41, 5.74) is 2.83. The highest BCUT2D eigenvalue weighted by Gasteiger charge is 2.29. The van der Waals surface area contributed by atoms with Gasteiger partial charge in [0.05, 0.1) is 5.56 Å². The second-order valence-corrected chi connectivity index (χ2v) is 9.48. The number of H-pyrrole nitrogens is 1. The van der Waals surface area contributed by atoms with E-state index in [-0.39, 0.29) is 17.2 Å². The highest BCUT2D eigenvalue weighted by Crippen LogP contribution is 2.28. The van der Waals surface area contributed by atoms with Crippen molar-refractivity contribution in [1.82, 2.24) is 15.6 Å². The largest absolute Gasteiger partial charge is 0.511 e. The van der Waals surface area contributed by atoms with Crippen LogP contribution in [0, 0.1) is 25.7 Å². The number of allylic oxidation sites excluding steroid dienone is 2. The fraction of sp³-hybridized carbons (Fsp3) is 0.312. The molecule has 0 saturated heterocycles. The normalized spacial score (nSPS) is 12.0. The molecule has 0 amide bonds. The van der Waals surface area contributed by atoms with Crippen molar-refractivity contribution < 1.29 is 23.1 Å². The number of aliphatic hydroxyl groups excluding tert-OH is 1. The third-order valence-corrected chi connectivity index (χ3v) is 5.57. The Morgan fingerprint density at radius 1 is 1.21 bits per heavy atom. The predicted molar refractivity (Wildman–Crippen MR) is 172 cm³/mol. The molecule has 0 aliphatic rings. The molecule has 0 aliphatic heterocycles. The van der Waals surface area contributed by atoms with Gasteiger partial charge < -0.3 is 20.7 Å². The highest BCUT2D eigenvalue weighted by molar-refractivity contribution is 6.29. The van der Waals surface area contributed by atoms with Gasteiger partial charge in [-0.05, 0) is 64.1 Å². The Bertz CT molecular complexity index is 1240. The Balaban J connectivity index is 0. The number of rotatable bonds is 12. The van der Waals surface area contributed by atoms with Crippen molar-refractivity contribution in [3.8, 4) is 12.8 Å². The molecule has 0 radical (unpaired) electrons. The minimum atomic E-state index is -4.21. The molecule has 0 saturated carbocycles. The summed E-state index contributed by atoms with van der Waals surface area (Å²) in [4.78, 5) is 22.8. The average Bonchev–Trinajstić information content (AvgIpc) is 2.97. The number of carbonyl (C=O) groups excluding carboxylic acids is 1. The number of aldehydes is 1. The molecule has 6 nitrogen and oxygen atoms in total. The van der Waals surface area contributed by atoms with Gasteiger partial charge in [-0.3, -0.25) is 9.59 Å². The maximum Gasteiger partial charge on any atom is 0.416 e. The minimum Gasteiger partial charge on any atom is -0.511 e. The van der Waals surface area contributed by atoms with Gasteiger partial charge in [0.1, 0.15) is 12.0 Å². The number of benzene rings is 1. The third-order valence-electron chi connectivity index (χ3n) is 5.19. The number of aliphatic hydroxyl groups is 1. The van der Waals surface area contributed by atoms with Crippen LogP contribution in [-0.4, -0.2) is 43.1 Å². The lowest BCUT2D eigenvalue weighted by molar-refractivity contribution is -0.137. The van der Waals surface area contributed by atoms with Gasteiger partial charge in [-0.1, -0.05) is 65.7 Å². The van der Waals surface area contributed by atoms with Crippen LogP contribution in [0.3, 0.4) is 0 Å². The summed E-state index contributed by atoms with van der Waals surface area (Å²) in [5.74, 6) is -0.00454. The van der Waals surface area contributed by atoms with E-state index in [9.17, 15) is 27.9 Å². The van der Waals surface area contributed by atoms with Crippen LogP contribution in [0.4, 0.5) is 13.2 Å². The molecule has 1 heterocycles. The summed E-state index contributed by atoms with van der Waals surface area (Å²) in [6.07, 6.45) is 13.6. The number of aromatic nitrogens is 1. The Hall–Kier alpha value is -3.55. The molecular formula is C32H40Cl2F3N3O3. The van der Waals surface area contributed by atoms with E-state index in [1.54, 1.807) is 6.92 Å². The molecule has 1 atom stereocenters. The van der Waals surface area contributed by atoms with E-state index in [0.29, 0.717) is 29.8 Å². The van der Waals surface area contributed by atoms with E-state index in [1.165, 1.54) is 41.6 Å². The number of aryl methyl sites for hydroxylation is 1. The van der Waals surface area contributed by atoms with Crippen LogP contribution in [0.2, 0.25) is 0 Å². The fourth-order valence-corrected chi connectivity index (χ4v) is 3.53. The SMILES string of the molecule is C#C.C=C(Cl)CC(CNCC/C=C(\C=C/C)CNC)/C(O)=C/Cl.Cc1ccc(C(F)(F)F)cc1.O=Cc1cc[nH]c(=O)c1. The number of carbonyl (C=O) groups is 1. The summed E-state index contributed by atoms with van der Waals surface area (Å²) in [5, 5.41) is 16.7. The molecule has 0 fully saturated rings. The molecule has 2 aromatic rings. The van der Waals surface area contributed by atoms with Gasteiger partial charge in [0, 0.05) is 47.4 Å². The highest BCUT2D eigenvalue weighted by atomic mass is 35.5. The van der Waals surface area contributed by atoms with Crippen LogP contribution in [-0.2, 0) is 6.18 Å². The second kappa shape index (κ2) is 25.0. The Labute approximate surface area is 262 Å². The lowest BCUT2D eigenvalue weighted by atomic mass is 10.0. The standard InChI is InChI=1S/C16H26Cl2N2O.C8H7F3.C6H5NO2.C2H2/c1-4-6-14(11-19-3)7-5-8-20-12-15(9-13(2)18)16(21)10-17;1-6-2-4-7(5-3-6)8(9,10)11;8-4-5-1-2-7-6(9)3-5;1-2/h4,6-7,10,15,19-21H,2,5,8-9,11-12H2,1,3H3;2-5H,1H3;1-4H,(H,7,9);1-2H/b6-4-,14-7+,16-10-;;;. The van der Waals surface area contributed by atoms with Crippen molar-refractivity contribution in [2.45, 2.75) is 32.9 Å². The molecule has 1 unspecified atom stereocenters. The van der Waals surface area contributed by atoms with Gasteiger partial charge in [-0.15, -0.1) is 12.8 Å². The lowest BCUT2D eigenvalue weighted by Gasteiger charge is -2.15. The van der Waals surface area contributed by atoms with Crippen LogP contribution in [0.15, 0.2) is 94.1 Å². The maximum absolute atomic E-state index is 11.9. The molecule has 236 valence electrons. The van der Waals surface area contributed by atoms with Crippen LogP contribution < -0.4 is 16.2 Å². The van der Waals surface area contributed by atoms with E-state index in [4.69, 9.17) is 23.2 Å². The zero-order valence-corrected chi connectivity index (χ0v) is 26.1. The number of aromatic amines is 1. The van der Waals surface area contributed by atoms with E-state index in [2.05, 4.69) is 47.2 Å². The number of alkyl halides is 3. The number of hydrogen-bond donors (Lipinski definition) is 4. The second-order valence-electron chi connectivity index (χ2n) is 8.72. The first-order chi connectivity index (χ1) is 20.4. The summed E-state index contributed by atoms with van der Waals surface area (Å²) >= 11 is 11.3. The summed E-state index contributed by atoms with van der Waals surface area (Å²) < 4.78 is 35.8. The van der Waals surface area contributed by atoms with E-state index < -0.39 is 11.7 Å². The summed E-state index contributed by atoms with van der Waals surface area (Å²) in [7, 11) is 1.93. The zero-order chi connectivity index (χ0) is 33.3. The van der Waals surface area contributed by atoms with Crippen LogP contribution in [0.25, 0.3) is 0 Å². The summed E-state index contributed by atoms with van der Waals surface area (Å²) in [6, 6.07) is 7.83. The first kappa shape index (κ1) is 41.6. The molecule has 1 aromatic heterocycles.